The molecule has 0 rings (SSSR count). The van der Waals surface area contributed by atoms with Gasteiger partial charge in [0.25, 0.3) is 0 Å². The number of sulfone groups is 1. The highest BCUT2D eigenvalue weighted by Gasteiger charge is 2.40. The molecule has 0 saturated carbocycles. The van der Waals surface area contributed by atoms with E-state index in [1.54, 1.807) is 0 Å². The van der Waals surface area contributed by atoms with E-state index in [0.717, 1.165) is 12.8 Å². The molecular weight excluding hydrogens is 297 g/mol. The van der Waals surface area contributed by atoms with Crippen molar-refractivity contribution in [2.45, 2.75) is 37.2 Å². The van der Waals surface area contributed by atoms with E-state index in [1.807, 2.05) is 6.92 Å². The minimum Gasteiger partial charge on any atom is -0.229 e. The zero-order chi connectivity index (χ0) is 12.1. The van der Waals surface area contributed by atoms with Crippen molar-refractivity contribution in [2.24, 2.45) is 0 Å². The van der Waals surface area contributed by atoms with Gasteiger partial charge < -0.3 is 0 Å². The van der Waals surface area contributed by atoms with Gasteiger partial charge in [0.05, 0.1) is 11.5 Å². The molecule has 0 aromatic heterocycles. The molecule has 1 atom stereocenters. The third-order valence-electron chi connectivity index (χ3n) is 1.81. The molecule has 0 aliphatic carbocycles. The van der Waals surface area contributed by atoms with E-state index in [2.05, 4.69) is 15.9 Å². The summed E-state index contributed by atoms with van der Waals surface area (Å²) in [6.45, 7) is 1.90. The van der Waals surface area contributed by atoms with E-state index in [-0.39, 0.29) is 5.75 Å². The van der Waals surface area contributed by atoms with Gasteiger partial charge >= 0.3 is 6.18 Å². The quantitative estimate of drug-likeness (QED) is 0.558. The molecule has 0 radical (unpaired) electrons. The van der Waals surface area contributed by atoms with Gasteiger partial charge in [-0.15, -0.1) is 0 Å². The van der Waals surface area contributed by atoms with Gasteiger partial charge in [-0.2, -0.15) is 13.2 Å². The zero-order valence-electron chi connectivity index (χ0n) is 8.35. The maximum absolute atomic E-state index is 12.1. The van der Waals surface area contributed by atoms with Gasteiger partial charge in [-0.05, 0) is 6.42 Å². The lowest BCUT2D eigenvalue weighted by molar-refractivity contribution is -0.123. The summed E-state index contributed by atoms with van der Waals surface area (Å²) in [5.74, 6) is -1.04. The van der Waals surface area contributed by atoms with Crippen LogP contribution in [0.4, 0.5) is 13.2 Å². The summed E-state index contributed by atoms with van der Waals surface area (Å²) in [5, 5.41) is 0. The van der Waals surface area contributed by atoms with Crippen LogP contribution in [-0.4, -0.2) is 30.9 Å². The standard InChI is InChI=1S/C8H14BrF3O2S/c1-2-3-4-5-15(13,14)6-7(9)8(10,11)12/h7H,2-6H2,1H3. The fourth-order valence-electron chi connectivity index (χ4n) is 0.973. The topological polar surface area (TPSA) is 34.1 Å². The number of hydrogen-bond donors (Lipinski definition) is 0. The number of rotatable bonds is 6. The number of hydrogen-bond acceptors (Lipinski definition) is 2. The van der Waals surface area contributed by atoms with Gasteiger partial charge in [-0.3, -0.25) is 0 Å². The lowest BCUT2D eigenvalue weighted by Crippen LogP contribution is -2.31. The Kier molecular flexibility index (Phi) is 6.17. The van der Waals surface area contributed by atoms with E-state index >= 15 is 0 Å². The van der Waals surface area contributed by atoms with Crippen molar-refractivity contribution < 1.29 is 21.6 Å². The van der Waals surface area contributed by atoms with E-state index in [0.29, 0.717) is 6.42 Å². The first kappa shape index (κ1) is 15.2. The smallest absolute Gasteiger partial charge is 0.229 e. The molecule has 2 nitrogen and oxygen atoms in total. The second kappa shape index (κ2) is 6.08. The van der Waals surface area contributed by atoms with Crippen molar-refractivity contribution in [1.29, 1.82) is 0 Å². The molecule has 0 heterocycles. The Hall–Kier alpha value is 0.220. The van der Waals surface area contributed by atoms with E-state index in [9.17, 15) is 21.6 Å². The predicted octanol–water partition coefficient (Wildman–Crippen LogP) is 2.92. The van der Waals surface area contributed by atoms with Crippen LogP contribution in [0, 0.1) is 0 Å². The highest BCUT2D eigenvalue weighted by Crippen LogP contribution is 2.27. The number of unbranched alkanes of at least 4 members (excludes halogenated alkanes) is 2. The molecule has 0 spiro atoms. The van der Waals surface area contributed by atoms with Crippen LogP contribution in [0.3, 0.4) is 0 Å². The minimum atomic E-state index is -4.50. The molecule has 0 aliphatic rings. The average molecular weight is 311 g/mol. The average Bonchev–Trinajstić information content (AvgIpc) is 2.01. The van der Waals surface area contributed by atoms with Gasteiger partial charge in [0.1, 0.15) is 4.83 Å². The molecule has 0 aromatic carbocycles. The SMILES string of the molecule is CCCCCS(=O)(=O)CC(Br)C(F)(F)F. The molecule has 0 bridgehead atoms. The van der Waals surface area contributed by atoms with E-state index in [1.165, 1.54) is 0 Å². The second-order valence-corrected chi connectivity index (χ2v) is 6.66. The molecule has 7 heteroatoms. The third-order valence-corrected chi connectivity index (χ3v) is 4.84. The van der Waals surface area contributed by atoms with E-state index in [4.69, 9.17) is 0 Å². The summed E-state index contributed by atoms with van der Waals surface area (Å²) in [6, 6.07) is 0. The Morgan fingerprint density at radius 3 is 2.20 bits per heavy atom. The summed E-state index contributed by atoms with van der Waals surface area (Å²) >= 11 is 2.34. The summed E-state index contributed by atoms with van der Waals surface area (Å²) in [6.07, 6.45) is -2.51. The van der Waals surface area contributed by atoms with Crippen molar-refractivity contribution in [3.8, 4) is 0 Å². The number of halogens is 4. The van der Waals surface area contributed by atoms with Gasteiger partial charge in [0.15, 0.2) is 9.84 Å². The maximum Gasteiger partial charge on any atom is 0.402 e. The monoisotopic (exact) mass is 310 g/mol. The van der Waals surface area contributed by atoms with Crippen molar-refractivity contribution >= 4 is 25.8 Å². The van der Waals surface area contributed by atoms with Crippen LogP contribution in [0.15, 0.2) is 0 Å². The van der Waals surface area contributed by atoms with Crippen LogP contribution < -0.4 is 0 Å². The van der Waals surface area contributed by atoms with Crippen LogP contribution in [0.1, 0.15) is 26.2 Å². The summed E-state index contributed by atoms with van der Waals surface area (Å²) < 4.78 is 58.6. The molecule has 15 heavy (non-hydrogen) atoms. The molecule has 0 aromatic rings. The Labute approximate surface area is 96.3 Å². The van der Waals surface area contributed by atoms with Crippen molar-refractivity contribution in [1.82, 2.24) is 0 Å². The molecule has 1 unspecified atom stereocenters. The van der Waals surface area contributed by atoms with Gasteiger partial charge in [-0.1, -0.05) is 35.7 Å². The van der Waals surface area contributed by atoms with Gasteiger partial charge in [-0.25, -0.2) is 8.42 Å². The Morgan fingerprint density at radius 2 is 1.80 bits per heavy atom. The van der Waals surface area contributed by atoms with Crippen LogP contribution in [-0.2, 0) is 9.84 Å². The van der Waals surface area contributed by atoms with Crippen molar-refractivity contribution in [3.05, 3.63) is 0 Å². The molecule has 0 amide bonds. The Balaban J connectivity index is 4.15. The van der Waals surface area contributed by atoms with Crippen LogP contribution in [0.5, 0.6) is 0 Å². The second-order valence-electron chi connectivity index (χ2n) is 3.33. The zero-order valence-corrected chi connectivity index (χ0v) is 10.8. The first-order valence-electron chi connectivity index (χ1n) is 4.60. The minimum absolute atomic E-state index is 0.168. The lowest BCUT2D eigenvalue weighted by Gasteiger charge is -2.13. The first-order chi connectivity index (χ1) is 6.69. The van der Waals surface area contributed by atoms with Crippen molar-refractivity contribution in [2.75, 3.05) is 11.5 Å². The van der Waals surface area contributed by atoms with Crippen molar-refractivity contribution in [3.63, 3.8) is 0 Å². The van der Waals surface area contributed by atoms with Crippen LogP contribution in [0.25, 0.3) is 0 Å². The summed E-state index contributed by atoms with van der Waals surface area (Å²) in [5.41, 5.74) is 0. The Morgan fingerprint density at radius 1 is 1.27 bits per heavy atom. The highest BCUT2D eigenvalue weighted by atomic mass is 79.9. The molecule has 0 saturated heterocycles. The largest absolute Gasteiger partial charge is 0.402 e. The number of alkyl halides is 4. The lowest BCUT2D eigenvalue weighted by atomic mass is 10.3. The molecule has 92 valence electrons. The fraction of sp³-hybridized carbons (Fsp3) is 1.00. The molecular formula is C8H14BrF3O2S. The summed E-state index contributed by atoms with van der Waals surface area (Å²) in [4.78, 5) is -1.96. The normalized spacial score (nSPS) is 15.3. The molecule has 0 N–H and O–H groups in total. The van der Waals surface area contributed by atoms with Crippen LogP contribution in [0.2, 0.25) is 0 Å². The first-order valence-corrected chi connectivity index (χ1v) is 7.34. The molecule has 0 fully saturated rings. The van der Waals surface area contributed by atoms with Gasteiger partial charge in [0, 0.05) is 0 Å². The fourth-order valence-corrected chi connectivity index (χ4v) is 3.63. The third kappa shape index (κ3) is 7.16. The van der Waals surface area contributed by atoms with E-state index < -0.39 is 26.6 Å². The maximum atomic E-state index is 12.1. The molecule has 0 aliphatic heterocycles. The van der Waals surface area contributed by atoms with Crippen LogP contribution >= 0.6 is 15.9 Å². The van der Waals surface area contributed by atoms with Gasteiger partial charge in [0.2, 0.25) is 0 Å². The summed E-state index contributed by atoms with van der Waals surface area (Å²) in [7, 11) is -3.60. The highest BCUT2D eigenvalue weighted by molar-refractivity contribution is 9.09. The predicted molar refractivity (Wildman–Crippen MR) is 56.9 cm³/mol. The Bertz CT molecular complexity index is 274.